The van der Waals surface area contributed by atoms with Crippen molar-refractivity contribution in [2.24, 2.45) is 0 Å². The van der Waals surface area contributed by atoms with Crippen LogP contribution in [0.15, 0.2) is 115 Å². The second-order valence-corrected chi connectivity index (χ2v) is 12.6. The van der Waals surface area contributed by atoms with Crippen LogP contribution >= 0.6 is 12.0 Å². The highest BCUT2D eigenvalue weighted by Gasteiger charge is 2.28. The smallest absolute Gasteiger partial charge is 0.295 e. The third-order valence-electron chi connectivity index (χ3n) is 7.19. The van der Waals surface area contributed by atoms with Gasteiger partial charge < -0.3 is 9.64 Å². The van der Waals surface area contributed by atoms with Crippen LogP contribution < -0.4 is 14.2 Å². The van der Waals surface area contributed by atoms with E-state index < -0.39 is 15.9 Å². The van der Waals surface area contributed by atoms with E-state index in [2.05, 4.69) is 42.5 Å². The largest absolute Gasteiger partial charge is 0.439 e. The van der Waals surface area contributed by atoms with Gasteiger partial charge in [0.25, 0.3) is 10.1 Å². The van der Waals surface area contributed by atoms with E-state index in [1.54, 1.807) is 11.0 Å². The zero-order chi connectivity index (χ0) is 31.6. The number of nitrogens with zero attached hydrogens (tertiary/aromatic N) is 2. The number of fused-ring (bicyclic) bond motifs is 2. The molecule has 1 aromatic heterocycles. The summed E-state index contributed by atoms with van der Waals surface area (Å²) in [5.74, 6) is 1.28. The quantitative estimate of drug-likeness (QED) is 0.0378. The van der Waals surface area contributed by atoms with E-state index in [1.807, 2.05) is 85.9 Å². The van der Waals surface area contributed by atoms with E-state index >= 15 is 0 Å². The van der Waals surface area contributed by atoms with Crippen LogP contribution in [0.25, 0.3) is 28.1 Å². The molecule has 0 radical (unpaired) electrons. The minimum atomic E-state index is -4.11. The van der Waals surface area contributed by atoms with Gasteiger partial charge in [-0.1, -0.05) is 77.4 Å². The number of pyridine rings is 1. The predicted octanol–water partition coefficient (Wildman–Crippen LogP) is 6.77. The maximum atomic E-state index is 12.0. The first-order chi connectivity index (χ1) is 21.9. The third kappa shape index (κ3) is 8.38. The van der Waals surface area contributed by atoms with Crippen molar-refractivity contribution in [1.82, 2.24) is 0 Å². The molecule has 0 unspecified atom stereocenters. The molecule has 1 aliphatic heterocycles. The van der Waals surface area contributed by atoms with Crippen molar-refractivity contribution < 1.29 is 41.9 Å². The number of para-hydroxylation sites is 1. The molecule has 0 bridgehead atoms. The average molecular weight is 650 g/mol. The van der Waals surface area contributed by atoms with E-state index in [0.717, 1.165) is 58.2 Å². The van der Waals surface area contributed by atoms with Gasteiger partial charge in [-0.25, -0.2) is 10.5 Å². The molecule has 0 atom stereocenters. The van der Waals surface area contributed by atoms with Crippen molar-refractivity contribution in [1.29, 1.82) is 0 Å². The van der Waals surface area contributed by atoms with Gasteiger partial charge in [0.2, 0.25) is 11.4 Å². The molecule has 0 amide bonds. The summed E-state index contributed by atoms with van der Waals surface area (Å²) in [5.41, 5.74) is 5.79. The summed E-state index contributed by atoms with van der Waals surface area (Å²) in [5, 5.41) is 21.8. The summed E-state index contributed by atoms with van der Waals surface area (Å²) in [4.78, 5) is 1.76. The van der Waals surface area contributed by atoms with Gasteiger partial charge in [-0.3, -0.25) is 0 Å². The summed E-state index contributed by atoms with van der Waals surface area (Å²) in [7, 11) is -4.11. The molecule has 12 heteroatoms. The van der Waals surface area contributed by atoms with Crippen LogP contribution in [0.5, 0.6) is 5.75 Å². The fraction of sp³-hybridized carbons (Fsp3) is 0.182. The molecule has 3 aromatic carbocycles. The minimum absolute atomic E-state index is 0.0135. The molecular weight excluding hydrogens is 617 g/mol. The molecule has 4 aromatic rings. The highest BCUT2D eigenvalue weighted by atomic mass is 32.2. The second kappa shape index (κ2) is 15.3. The van der Waals surface area contributed by atoms with Crippen molar-refractivity contribution in [2.75, 3.05) is 23.0 Å². The first-order valence-electron chi connectivity index (χ1n) is 14.2. The Kier molecular flexibility index (Phi) is 11.0. The van der Waals surface area contributed by atoms with Crippen LogP contribution in [0, 0.1) is 0 Å². The van der Waals surface area contributed by atoms with Gasteiger partial charge in [-0.15, -0.1) is 8.67 Å². The van der Waals surface area contributed by atoms with Crippen LogP contribution in [0.3, 0.4) is 0 Å². The maximum absolute atomic E-state index is 12.0. The average Bonchev–Trinajstić information content (AvgIpc) is 3.42. The minimum Gasteiger partial charge on any atom is -0.439 e. The fourth-order valence-corrected chi connectivity index (χ4v) is 5.82. The molecule has 1 aliphatic rings. The van der Waals surface area contributed by atoms with Gasteiger partial charge in [0, 0.05) is 42.9 Å². The molecule has 10 nitrogen and oxygen atoms in total. The van der Waals surface area contributed by atoms with E-state index in [9.17, 15) is 8.42 Å². The summed E-state index contributed by atoms with van der Waals surface area (Å²) in [6.07, 6.45) is 10.6. The molecule has 0 saturated carbocycles. The first kappa shape index (κ1) is 32.4. The van der Waals surface area contributed by atoms with Gasteiger partial charge >= 0.3 is 0 Å². The van der Waals surface area contributed by atoms with Crippen LogP contribution in [-0.4, -0.2) is 37.0 Å². The number of aromatic nitrogens is 1. The highest BCUT2D eigenvalue weighted by molar-refractivity contribution is 7.94. The zero-order valence-corrected chi connectivity index (χ0v) is 26.1. The lowest BCUT2D eigenvalue weighted by atomic mass is 10.0. The van der Waals surface area contributed by atoms with E-state index in [4.69, 9.17) is 15.3 Å². The van der Waals surface area contributed by atoms with Crippen LogP contribution in [-0.2, 0) is 30.4 Å². The highest BCUT2D eigenvalue weighted by Crippen LogP contribution is 2.41. The van der Waals surface area contributed by atoms with Crippen molar-refractivity contribution in [2.45, 2.75) is 19.9 Å². The monoisotopic (exact) mass is 649 g/mol. The van der Waals surface area contributed by atoms with Crippen LogP contribution in [0.4, 0.5) is 5.69 Å². The van der Waals surface area contributed by atoms with Crippen LogP contribution in [0.2, 0.25) is 0 Å². The molecular formula is C33H33N2O8S2+. The number of aryl methyl sites for hydroxylation is 1. The lowest BCUT2D eigenvalue weighted by Gasteiger charge is -2.18. The Morgan fingerprint density at radius 3 is 2.62 bits per heavy atom. The first-order valence-corrected chi connectivity index (χ1v) is 16.7. The predicted molar refractivity (Wildman–Crippen MR) is 174 cm³/mol. The molecule has 234 valence electrons. The van der Waals surface area contributed by atoms with Gasteiger partial charge in [-0.05, 0) is 47.9 Å². The number of anilines is 1. The van der Waals surface area contributed by atoms with E-state index in [1.165, 1.54) is 0 Å². The summed E-state index contributed by atoms with van der Waals surface area (Å²) in [6, 6.07) is 25.9. The molecule has 0 fully saturated rings. The topological polar surface area (TPSA) is 119 Å². The fourth-order valence-electron chi connectivity index (χ4n) is 4.98. The molecule has 2 heterocycles. The second-order valence-electron chi connectivity index (χ2n) is 10.2. The Bertz CT molecular complexity index is 1830. The standard InChI is InChI=1S/C33H32N2O8S2/c1-25(12-14-27-18-20-34(19-7-22-44-43-41-36)30-11-6-5-10-29(27)30)13-17-33-35(21-23-45(38,39)42-37)31-24-28(15-16-32(31)40-33)26-8-3-2-4-9-26/h2-6,8-18,20,24H,7,19,21-23H2,1H3,(H-,36,37)/p+1. The number of hydrogen-bond donors (Lipinski definition) is 2. The molecule has 2 N–H and O–H groups in total. The summed E-state index contributed by atoms with van der Waals surface area (Å²) >= 11 is 1.04. The van der Waals surface area contributed by atoms with Crippen molar-refractivity contribution in [3.8, 4) is 16.9 Å². The number of allylic oxidation sites excluding steroid dienone is 4. The molecule has 0 aliphatic carbocycles. The van der Waals surface area contributed by atoms with Crippen molar-refractivity contribution >= 4 is 44.8 Å². The maximum Gasteiger partial charge on any atom is 0.295 e. The normalized spacial score (nSPS) is 14.4. The van der Waals surface area contributed by atoms with Crippen molar-refractivity contribution in [3.63, 3.8) is 0 Å². The Morgan fingerprint density at radius 2 is 1.82 bits per heavy atom. The Hall–Kier alpha value is -4.01. The number of benzene rings is 3. The van der Waals surface area contributed by atoms with E-state index in [-0.39, 0.29) is 6.54 Å². The lowest BCUT2D eigenvalue weighted by molar-refractivity contribution is -0.671. The third-order valence-corrected chi connectivity index (χ3v) is 8.72. The summed E-state index contributed by atoms with van der Waals surface area (Å²) in [6.45, 7) is 2.76. The van der Waals surface area contributed by atoms with Gasteiger partial charge in [-0.2, -0.15) is 13.0 Å². The number of hydrogen-bond acceptors (Lipinski definition) is 10. The Morgan fingerprint density at radius 1 is 1.02 bits per heavy atom. The van der Waals surface area contributed by atoms with Crippen LogP contribution in [0.1, 0.15) is 18.9 Å². The Labute approximate surface area is 266 Å². The molecule has 0 spiro atoms. The molecule has 45 heavy (non-hydrogen) atoms. The number of rotatable bonds is 14. The molecule has 5 rings (SSSR count). The van der Waals surface area contributed by atoms with E-state index in [0.29, 0.717) is 23.1 Å². The van der Waals surface area contributed by atoms with Crippen molar-refractivity contribution in [3.05, 3.63) is 120 Å². The number of ether oxygens (including phenoxy) is 1. The Balaban J connectivity index is 1.37. The summed E-state index contributed by atoms with van der Waals surface area (Å²) < 4.78 is 40.4. The zero-order valence-electron chi connectivity index (χ0n) is 24.5. The lowest BCUT2D eigenvalue weighted by Crippen LogP contribution is -2.34. The van der Waals surface area contributed by atoms with Gasteiger partial charge in [0.15, 0.2) is 11.9 Å². The van der Waals surface area contributed by atoms with Gasteiger partial charge in [0.05, 0.1) is 16.8 Å². The SMILES string of the molecule is CC(C=Cc1cc[n+](CCCSOOO)c2ccccc12)=CC=C1Oc2ccc(-c3ccccc3)cc2N1CCS(=O)(=O)OO. The van der Waals surface area contributed by atoms with Gasteiger partial charge in [0.1, 0.15) is 6.54 Å². The molecule has 0 saturated heterocycles.